The Bertz CT molecular complexity index is 618. The van der Waals surface area contributed by atoms with Crippen LogP contribution in [0.4, 0.5) is 11.5 Å². The van der Waals surface area contributed by atoms with Crippen LogP contribution in [0, 0.1) is 17.0 Å². The standard InChI is InChI=1S/C12H11ClN4O2/c1-8-3-2-4-10(16-8)7-15-12-11(17(18)19)5-9(13)6-14-12/h2-6H,7H2,1H3,(H,14,15). The van der Waals surface area contributed by atoms with Crippen molar-refractivity contribution in [2.45, 2.75) is 13.5 Å². The second-order valence-electron chi connectivity index (χ2n) is 3.90. The van der Waals surface area contributed by atoms with Crippen LogP contribution in [0.5, 0.6) is 0 Å². The Morgan fingerprint density at radius 2 is 2.26 bits per heavy atom. The predicted molar refractivity (Wildman–Crippen MR) is 72.2 cm³/mol. The van der Waals surface area contributed by atoms with Crippen LogP contribution in [0.1, 0.15) is 11.4 Å². The molecule has 0 spiro atoms. The summed E-state index contributed by atoms with van der Waals surface area (Å²) in [6, 6.07) is 6.86. The Labute approximate surface area is 114 Å². The Morgan fingerprint density at radius 3 is 2.95 bits per heavy atom. The summed E-state index contributed by atoms with van der Waals surface area (Å²) in [6.45, 7) is 2.24. The molecule has 2 aromatic rings. The number of halogens is 1. The van der Waals surface area contributed by atoms with Crippen LogP contribution in [-0.4, -0.2) is 14.9 Å². The molecule has 2 aromatic heterocycles. The SMILES string of the molecule is Cc1cccc(CNc2ncc(Cl)cc2[N+](=O)[O-])n1. The van der Waals surface area contributed by atoms with Gasteiger partial charge in [0, 0.05) is 18.0 Å². The first-order valence-electron chi connectivity index (χ1n) is 5.52. The molecule has 6 nitrogen and oxygen atoms in total. The van der Waals surface area contributed by atoms with E-state index in [1.807, 2.05) is 25.1 Å². The van der Waals surface area contributed by atoms with Crippen molar-refractivity contribution in [3.8, 4) is 0 Å². The number of anilines is 1. The minimum Gasteiger partial charge on any atom is -0.359 e. The maximum absolute atomic E-state index is 10.9. The van der Waals surface area contributed by atoms with E-state index in [1.165, 1.54) is 12.3 Å². The molecule has 2 rings (SSSR count). The van der Waals surface area contributed by atoms with Gasteiger partial charge in [-0.2, -0.15) is 0 Å². The fourth-order valence-corrected chi connectivity index (χ4v) is 1.73. The summed E-state index contributed by atoms with van der Waals surface area (Å²) < 4.78 is 0. The first kappa shape index (κ1) is 13.2. The van der Waals surface area contributed by atoms with E-state index in [0.717, 1.165) is 11.4 Å². The minimum atomic E-state index is -0.523. The predicted octanol–water partition coefficient (Wildman–Crippen LogP) is 2.96. The van der Waals surface area contributed by atoms with Crippen molar-refractivity contribution in [1.82, 2.24) is 9.97 Å². The molecule has 0 bridgehead atoms. The summed E-state index contributed by atoms with van der Waals surface area (Å²) in [5.74, 6) is 0.178. The van der Waals surface area contributed by atoms with Crippen molar-refractivity contribution in [3.63, 3.8) is 0 Å². The van der Waals surface area contributed by atoms with E-state index in [-0.39, 0.29) is 16.5 Å². The fraction of sp³-hybridized carbons (Fsp3) is 0.167. The van der Waals surface area contributed by atoms with E-state index >= 15 is 0 Å². The summed E-state index contributed by atoms with van der Waals surface area (Å²) in [6.07, 6.45) is 1.36. The second kappa shape index (κ2) is 5.62. The molecule has 0 saturated carbocycles. The zero-order valence-electron chi connectivity index (χ0n) is 10.1. The summed E-state index contributed by atoms with van der Waals surface area (Å²) in [4.78, 5) is 18.6. The minimum absolute atomic E-state index is 0.153. The Morgan fingerprint density at radius 1 is 1.47 bits per heavy atom. The van der Waals surface area contributed by atoms with Gasteiger partial charge in [0.15, 0.2) is 0 Å². The van der Waals surface area contributed by atoms with Crippen molar-refractivity contribution in [2.75, 3.05) is 5.32 Å². The third-order valence-corrected chi connectivity index (χ3v) is 2.62. The van der Waals surface area contributed by atoms with Crippen molar-refractivity contribution < 1.29 is 4.92 Å². The van der Waals surface area contributed by atoms with Crippen LogP contribution in [0.25, 0.3) is 0 Å². The van der Waals surface area contributed by atoms with Crippen LogP contribution < -0.4 is 5.32 Å². The molecule has 0 aromatic carbocycles. The number of hydrogen-bond acceptors (Lipinski definition) is 5. The van der Waals surface area contributed by atoms with E-state index in [0.29, 0.717) is 6.54 Å². The van der Waals surface area contributed by atoms with Crippen LogP contribution in [0.15, 0.2) is 30.5 Å². The number of nitro groups is 1. The fourth-order valence-electron chi connectivity index (χ4n) is 1.58. The van der Waals surface area contributed by atoms with Gasteiger partial charge in [0.1, 0.15) is 0 Å². The summed E-state index contributed by atoms with van der Waals surface area (Å²) >= 11 is 5.69. The van der Waals surface area contributed by atoms with Gasteiger partial charge in [-0.3, -0.25) is 15.1 Å². The molecule has 0 aliphatic rings. The van der Waals surface area contributed by atoms with Crippen LogP contribution in [-0.2, 0) is 6.54 Å². The van der Waals surface area contributed by atoms with Crippen molar-refractivity contribution in [2.24, 2.45) is 0 Å². The van der Waals surface area contributed by atoms with E-state index < -0.39 is 4.92 Å². The topological polar surface area (TPSA) is 81.0 Å². The van der Waals surface area contributed by atoms with E-state index in [4.69, 9.17) is 11.6 Å². The third-order valence-electron chi connectivity index (χ3n) is 2.41. The van der Waals surface area contributed by atoms with Gasteiger partial charge in [0.25, 0.3) is 0 Å². The van der Waals surface area contributed by atoms with Crippen molar-refractivity contribution in [1.29, 1.82) is 0 Å². The van der Waals surface area contributed by atoms with Crippen LogP contribution >= 0.6 is 11.6 Å². The van der Waals surface area contributed by atoms with E-state index in [1.54, 1.807) is 0 Å². The molecule has 0 radical (unpaired) electrons. The monoisotopic (exact) mass is 278 g/mol. The van der Waals surface area contributed by atoms with Gasteiger partial charge in [-0.15, -0.1) is 0 Å². The van der Waals surface area contributed by atoms with E-state index in [9.17, 15) is 10.1 Å². The van der Waals surface area contributed by atoms with Gasteiger partial charge >= 0.3 is 5.69 Å². The molecule has 0 saturated heterocycles. The average molecular weight is 279 g/mol. The highest BCUT2D eigenvalue weighted by Crippen LogP contribution is 2.25. The number of aryl methyl sites for hydroxylation is 1. The Kier molecular flexibility index (Phi) is 3.91. The first-order chi connectivity index (χ1) is 9.06. The first-order valence-corrected chi connectivity index (χ1v) is 5.90. The second-order valence-corrected chi connectivity index (χ2v) is 4.34. The third kappa shape index (κ3) is 3.38. The number of pyridine rings is 2. The van der Waals surface area contributed by atoms with Gasteiger partial charge in [-0.1, -0.05) is 17.7 Å². The quantitative estimate of drug-likeness (QED) is 0.687. The largest absolute Gasteiger partial charge is 0.359 e. The number of nitrogens with one attached hydrogen (secondary N) is 1. The summed E-state index contributed by atoms with van der Waals surface area (Å²) in [5.41, 5.74) is 1.52. The maximum atomic E-state index is 10.9. The molecular formula is C12H11ClN4O2. The molecular weight excluding hydrogens is 268 g/mol. The zero-order chi connectivity index (χ0) is 13.8. The molecule has 0 aliphatic carbocycles. The lowest BCUT2D eigenvalue weighted by Gasteiger charge is -2.06. The normalized spacial score (nSPS) is 10.2. The lowest BCUT2D eigenvalue weighted by Crippen LogP contribution is -2.06. The van der Waals surface area contributed by atoms with Gasteiger partial charge in [-0.05, 0) is 19.1 Å². The van der Waals surface area contributed by atoms with Gasteiger partial charge in [0.05, 0.1) is 22.2 Å². The lowest BCUT2D eigenvalue weighted by molar-refractivity contribution is -0.384. The smallest absolute Gasteiger partial charge is 0.312 e. The molecule has 0 atom stereocenters. The highest BCUT2D eigenvalue weighted by atomic mass is 35.5. The number of rotatable bonds is 4. The highest BCUT2D eigenvalue weighted by molar-refractivity contribution is 6.30. The van der Waals surface area contributed by atoms with Crippen LogP contribution in [0.3, 0.4) is 0 Å². The molecule has 0 aliphatic heterocycles. The summed E-state index contributed by atoms with van der Waals surface area (Å²) in [7, 11) is 0. The molecule has 0 unspecified atom stereocenters. The molecule has 2 heterocycles. The number of aromatic nitrogens is 2. The van der Waals surface area contributed by atoms with Crippen molar-refractivity contribution >= 4 is 23.1 Å². The van der Waals surface area contributed by atoms with Gasteiger partial charge in [0.2, 0.25) is 5.82 Å². The molecule has 1 N–H and O–H groups in total. The Balaban J connectivity index is 2.17. The lowest BCUT2D eigenvalue weighted by atomic mass is 10.3. The number of nitrogens with zero attached hydrogens (tertiary/aromatic N) is 3. The molecule has 19 heavy (non-hydrogen) atoms. The highest BCUT2D eigenvalue weighted by Gasteiger charge is 2.15. The van der Waals surface area contributed by atoms with Gasteiger partial charge in [-0.25, -0.2) is 4.98 Å². The molecule has 7 heteroatoms. The molecule has 0 amide bonds. The van der Waals surface area contributed by atoms with Crippen LogP contribution in [0.2, 0.25) is 5.02 Å². The maximum Gasteiger partial charge on any atom is 0.312 e. The zero-order valence-corrected chi connectivity index (χ0v) is 10.9. The molecule has 98 valence electrons. The average Bonchev–Trinajstić information content (AvgIpc) is 2.37. The Hall–Kier alpha value is -2.21. The molecule has 0 fully saturated rings. The van der Waals surface area contributed by atoms with Crippen molar-refractivity contribution in [3.05, 3.63) is 57.0 Å². The van der Waals surface area contributed by atoms with Gasteiger partial charge < -0.3 is 5.32 Å². The summed E-state index contributed by atoms with van der Waals surface area (Å²) in [5, 5.41) is 14.0. The number of hydrogen-bond donors (Lipinski definition) is 1. The van der Waals surface area contributed by atoms with E-state index in [2.05, 4.69) is 15.3 Å².